The van der Waals surface area contributed by atoms with Gasteiger partial charge in [0.05, 0.1) is 0 Å². The summed E-state index contributed by atoms with van der Waals surface area (Å²) in [7, 11) is 0. The number of allylic oxidation sites excluding steroid dienone is 1. The van der Waals surface area contributed by atoms with Gasteiger partial charge in [0.1, 0.15) is 18.2 Å². The molecule has 124 valence electrons. The SMILES string of the molecule is C=[N+]([O-])c1cccc(/C=C/C=Nc2cc(C(C)(C)C)ccc2O)c1. The third-order valence-electron chi connectivity index (χ3n) is 3.59. The number of aliphatic imine (C=N–C) groups is 1. The molecule has 2 aromatic rings. The van der Waals surface area contributed by atoms with E-state index < -0.39 is 0 Å². The summed E-state index contributed by atoms with van der Waals surface area (Å²) in [5, 5.41) is 21.1. The van der Waals surface area contributed by atoms with Gasteiger partial charge in [-0.1, -0.05) is 45.0 Å². The summed E-state index contributed by atoms with van der Waals surface area (Å²) >= 11 is 0. The Kier molecular flexibility index (Phi) is 5.19. The van der Waals surface area contributed by atoms with E-state index in [4.69, 9.17) is 0 Å². The molecule has 0 atom stereocenters. The van der Waals surface area contributed by atoms with Crippen LogP contribution in [0.25, 0.3) is 6.08 Å². The average Bonchev–Trinajstić information content (AvgIpc) is 2.52. The summed E-state index contributed by atoms with van der Waals surface area (Å²) in [4.78, 5) is 4.31. The third-order valence-corrected chi connectivity index (χ3v) is 3.59. The van der Waals surface area contributed by atoms with E-state index in [1.165, 1.54) is 0 Å². The van der Waals surface area contributed by atoms with Crippen LogP contribution < -0.4 is 0 Å². The van der Waals surface area contributed by atoms with E-state index in [-0.39, 0.29) is 11.2 Å². The highest BCUT2D eigenvalue weighted by Gasteiger charge is 2.14. The Morgan fingerprint density at radius 3 is 2.58 bits per heavy atom. The first kappa shape index (κ1) is 17.5. The largest absolute Gasteiger partial charge is 0.619 e. The van der Waals surface area contributed by atoms with Crippen LogP contribution in [0.2, 0.25) is 0 Å². The first-order valence-corrected chi connectivity index (χ1v) is 7.69. The molecule has 0 saturated carbocycles. The number of hydrogen-bond donors (Lipinski definition) is 1. The number of rotatable bonds is 4. The normalized spacial score (nSPS) is 12.1. The minimum atomic E-state index is -0.00730. The lowest BCUT2D eigenvalue weighted by Crippen LogP contribution is -2.10. The van der Waals surface area contributed by atoms with Crippen LogP contribution in [0.3, 0.4) is 0 Å². The zero-order valence-electron chi connectivity index (χ0n) is 14.2. The van der Waals surface area contributed by atoms with Gasteiger partial charge in [-0.25, -0.2) is 0 Å². The molecule has 24 heavy (non-hydrogen) atoms. The van der Waals surface area contributed by atoms with Gasteiger partial charge in [-0.05, 0) is 34.8 Å². The van der Waals surface area contributed by atoms with E-state index in [9.17, 15) is 10.3 Å². The minimum absolute atomic E-state index is 0.00730. The van der Waals surface area contributed by atoms with Crippen LogP contribution in [0.5, 0.6) is 5.75 Å². The van der Waals surface area contributed by atoms with Gasteiger partial charge in [0.25, 0.3) is 0 Å². The Morgan fingerprint density at radius 2 is 1.92 bits per heavy atom. The van der Waals surface area contributed by atoms with Crippen LogP contribution >= 0.6 is 0 Å². The summed E-state index contributed by atoms with van der Waals surface area (Å²) in [6.45, 7) is 9.66. The number of benzene rings is 2. The van der Waals surface area contributed by atoms with Crippen LogP contribution in [-0.2, 0) is 5.41 Å². The Morgan fingerprint density at radius 1 is 1.17 bits per heavy atom. The molecule has 0 radical (unpaired) electrons. The van der Waals surface area contributed by atoms with Crippen LogP contribution in [0.1, 0.15) is 31.9 Å². The molecular formula is C20H22N2O2. The van der Waals surface area contributed by atoms with Gasteiger partial charge >= 0.3 is 0 Å². The molecule has 1 N–H and O–H groups in total. The minimum Gasteiger partial charge on any atom is -0.619 e. The van der Waals surface area contributed by atoms with Crippen molar-refractivity contribution >= 4 is 30.4 Å². The predicted molar refractivity (Wildman–Crippen MR) is 101 cm³/mol. The second kappa shape index (κ2) is 7.13. The van der Waals surface area contributed by atoms with Gasteiger partial charge in [-0.2, -0.15) is 4.74 Å². The van der Waals surface area contributed by atoms with Gasteiger partial charge in [0, 0.05) is 18.3 Å². The Bertz CT molecular complexity index is 800. The molecule has 0 fully saturated rings. The van der Waals surface area contributed by atoms with E-state index in [1.807, 2.05) is 24.3 Å². The average molecular weight is 322 g/mol. The van der Waals surface area contributed by atoms with E-state index >= 15 is 0 Å². The van der Waals surface area contributed by atoms with Gasteiger partial charge in [-0.3, -0.25) is 4.99 Å². The van der Waals surface area contributed by atoms with Crippen molar-refractivity contribution in [3.8, 4) is 5.75 Å². The maximum absolute atomic E-state index is 11.2. The lowest BCUT2D eigenvalue weighted by atomic mass is 9.87. The fraction of sp³-hybridized carbons (Fsp3) is 0.200. The van der Waals surface area contributed by atoms with Crippen molar-refractivity contribution in [2.75, 3.05) is 0 Å². The van der Waals surface area contributed by atoms with E-state index in [2.05, 4.69) is 32.5 Å². The van der Waals surface area contributed by atoms with E-state index in [0.29, 0.717) is 16.1 Å². The molecule has 0 bridgehead atoms. The number of aromatic hydroxyl groups is 1. The van der Waals surface area contributed by atoms with E-state index in [0.717, 1.165) is 11.1 Å². The topological polar surface area (TPSA) is 58.7 Å². The van der Waals surface area contributed by atoms with Crippen LogP contribution in [0, 0.1) is 5.21 Å². The summed E-state index contributed by atoms with van der Waals surface area (Å²) in [6.07, 6.45) is 5.22. The number of phenolic OH excluding ortho intramolecular Hbond substituents is 1. The molecule has 4 heteroatoms. The Labute approximate surface area is 142 Å². The van der Waals surface area contributed by atoms with Crippen molar-refractivity contribution in [2.45, 2.75) is 26.2 Å². The standard InChI is InChI=1S/C20H22N2O2/c1-20(2,3)16-10-11-19(23)18(14-16)21-12-6-8-15-7-5-9-17(13-15)22(4)24/h5-14,23H,4H2,1-3H3/b8-6+,21-12?. The molecule has 0 aliphatic heterocycles. The monoisotopic (exact) mass is 322 g/mol. The maximum atomic E-state index is 11.2. The van der Waals surface area contributed by atoms with Crippen molar-refractivity contribution in [1.29, 1.82) is 0 Å². The van der Waals surface area contributed by atoms with Crippen molar-refractivity contribution in [1.82, 2.24) is 0 Å². The van der Waals surface area contributed by atoms with Crippen molar-refractivity contribution in [3.05, 3.63) is 64.9 Å². The molecule has 0 aromatic heterocycles. The van der Waals surface area contributed by atoms with Gasteiger partial charge in [-0.15, -0.1) is 0 Å². The second-order valence-electron chi connectivity index (χ2n) is 6.56. The van der Waals surface area contributed by atoms with Crippen molar-refractivity contribution in [2.24, 2.45) is 4.99 Å². The lowest BCUT2D eigenvalue weighted by molar-refractivity contribution is -0.349. The molecule has 0 heterocycles. The third kappa shape index (κ3) is 4.56. The zero-order chi connectivity index (χ0) is 17.7. The molecule has 4 nitrogen and oxygen atoms in total. The second-order valence-corrected chi connectivity index (χ2v) is 6.56. The maximum Gasteiger partial charge on any atom is 0.216 e. The highest BCUT2D eigenvalue weighted by molar-refractivity contribution is 5.81. The molecule has 0 amide bonds. The lowest BCUT2D eigenvalue weighted by Gasteiger charge is -2.19. The predicted octanol–water partition coefficient (Wildman–Crippen LogP) is 4.95. The molecular weight excluding hydrogens is 300 g/mol. The summed E-state index contributed by atoms with van der Waals surface area (Å²) in [6, 6.07) is 12.6. The summed E-state index contributed by atoms with van der Waals surface area (Å²) < 4.78 is 0.571. The van der Waals surface area contributed by atoms with Crippen LogP contribution in [0.15, 0.2) is 53.5 Å². The number of phenols is 1. The molecule has 2 rings (SSSR count). The van der Waals surface area contributed by atoms with Crippen molar-refractivity contribution < 1.29 is 9.85 Å². The van der Waals surface area contributed by atoms with Crippen LogP contribution in [0.4, 0.5) is 11.4 Å². The van der Waals surface area contributed by atoms with Gasteiger partial charge < -0.3 is 10.3 Å². The first-order chi connectivity index (χ1) is 11.3. The quantitative estimate of drug-likeness (QED) is 0.375. The summed E-state index contributed by atoms with van der Waals surface area (Å²) in [5.74, 6) is 0.147. The molecule has 0 saturated heterocycles. The number of hydrogen-bond acceptors (Lipinski definition) is 3. The fourth-order valence-corrected chi connectivity index (χ4v) is 2.15. The van der Waals surface area contributed by atoms with Gasteiger partial charge in [0.2, 0.25) is 5.69 Å². The molecule has 0 aliphatic carbocycles. The zero-order valence-corrected chi connectivity index (χ0v) is 14.2. The molecule has 2 aromatic carbocycles. The number of nitrogens with zero attached hydrogens (tertiary/aromatic N) is 2. The summed E-state index contributed by atoms with van der Waals surface area (Å²) in [5.41, 5.74) is 2.99. The molecule has 0 unspecified atom stereocenters. The van der Waals surface area contributed by atoms with E-state index in [1.54, 1.807) is 36.6 Å². The Hall–Kier alpha value is -2.88. The molecule has 0 aliphatic rings. The fourth-order valence-electron chi connectivity index (χ4n) is 2.15. The Balaban J connectivity index is 2.17. The first-order valence-electron chi connectivity index (χ1n) is 7.69. The smallest absolute Gasteiger partial charge is 0.216 e. The highest BCUT2D eigenvalue weighted by atomic mass is 16.5. The van der Waals surface area contributed by atoms with Gasteiger partial charge in [0.15, 0.2) is 0 Å². The van der Waals surface area contributed by atoms with Crippen molar-refractivity contribution in [3.63, 3.8) is 0 Å². The van der Waals surface area contributed by atoms with Crippen LogP contribution in [-0.4, -0.2) is 22.8 Å². The highest BCUT2D eigenvalue weighted by Crippen LogP contribution is 2.32. The molecule has 0 spiro atoms.